The largest absolute Gasteiger partial charge is 0.368 e. The van der Waals surface area contributed by atoms with Crippen molar-refractivity contribution in [1.29, 1.82) is 0 Å². The normalized spacial score (nSPS) is 17.7. The van der Waals surface area contributed by atoms with E-state index in [1.807, 2.05) is 6.07 Å². The fourth-order valence-electron chi connectivity index (χ4n) is 3.46. The minimum absolute atomic E-state index is 0.167. The maximum absolute atomic E-state index is 12.7. The Morgan fingerprint density at radius 2 is 2.26 bits per heavy atom. The number of aromatic nitrogens is 5. The predicted molar refractivity (Wildman–Crippen MR) is 104 cm³/mol. The summed E-state index contributed by atoms with van der Waals surface area (Å²) in [6, 6.07) is 5.95. The Morgan fingerprint density at radius 3 is 3.07 bits per heavy atom. The number of piperidine rings is 1. The zero-order valence-corrected chi connectivity index (χ0v) is 15.3. The zero-order valence-electron chi connectivity index (χ0n) is 15.3. The molecule has 1 fully saturated rings. The molecule has 3 aromatic rings. The summed E-state index contributed by atoms with van der Waals surface area (Å²) in [5.41, 5.74) is 1.16. The summed E-state index contributed by atoms with van der Waals surface area (Å²) in [7, 11) is 2.16. The molecule has 0 aromatic carbocycles. The highest BCUT2D eigenvalue weighted by Gasteiger charge is 2.18. The van der Waals surface area contributed by atoms with E-state index in [1.54, 1.807) is 30.7 Å². The molecule has 1 saturated heterocycles. The molecule has 1 aliphatic rings. The number of likely N-dealkylation sites (tertiary alicyclic amines) is 1. The number of nitrogens with one attached hydrogen (secondary N) is 2. The first-order valence-corrected chi connectivity index (χ1v) is 9.20. The van der Waals surface area contributed by atoms with E-state index in [1.165, 1.54) is 30.3 Å². The van der Waals surface area contributed by atoms with Gasteiger partial charge in [0.1, 0.15) is 12.1 Å². The van der Waals surface area contributed by atoms with Crippen LogP contribution < -0.4 is 10.9 Å². The maximum atomic E-state index is 12.7. The minimum atomic E-state index is -0.167. The van der Waals surface area contributed by atoms with Gasteiger partial charge in [-0.25, -0.2) is 14.6 Å². The van der Waals surface area contributed by atoms with Gasteiger partial charge in [-0.05, 0) is 32.5 Å². The van der Waals surface area contributed by atoms with Crippen LogP contribution in [0.1, 0.15) is 19.3 Å². The standard InChI is InChI=1S/C19H23N7O/c1-25-8-3-2-6-15(25)11-21-17-9-18(23-13-22-17)26-19(27)16(12-24-26)14-5-4-7-20-10-14/h4-5,7,9-10,12-13,15,24H,2-3,6,8,11H2,1H3,(H,21,22,23). The van der Waals surface area contributed by atoms with Crippen LogP contribution in [0.2, 0.25) is 0 Å². The molecule has 0 amide bonds. The highest BCUT2D eigenvalue weighted by Crippen LogP contribution is 2.17. The second-order valence-corrected chi connectivity index (χ2v) is 6.84. The Kier molecular flexibility index (Phi) is 4.97. The SMILES string of the molecule is CN1CCCCC1CNc1cc(-n2[nH]cc(-c3cccnc3)c2=O)ncn1. The smallest absolute Gasteiger partial charge is 0.280 e. The van der Waals surface area contributed by atoms with E-state index in [0.29, 0.717) is 23.2 Å². The van der Waals surface area contributed by atoms with E-state index in [0.717, 1.165) is 18.7 Å². The molecule has 4 heterocycles. The number of likely N-dealkylation sites (N-methyl/N-ethyl adjacent to an activating group) is 1. The quantitative estimate of drug-likeness (QED) is 0.718. The molecular formula is C19H23N7O. The Labute approximate surface area is 157 Å². The molecule has 1 unspecified atom stereocenters. The van der Waals surface area contributed by atoms with Crippen LogP contribution in [-0.2, 0) is 0 Å². The lowest BCUT2D eigenvalue weighted by atomic mass is 10.0. The fraction of sp³-hybridized carbons (Fsp3) is 0.368. The number of nitrogens with zero attached hydrogens (tertiary/aromatic N) is 5. The van der Waals surface area contributed by atoms with E-state index in [9.17, 15) is 4.79 Å². The van der Waals surface area contributed by atoms with Gasteiger partial charge in [-0.2, -0.15) is 0 Å². The molecule has 1 aliphatic heterocycles. The first kappa shape index (κ1) is 17.4. The summed E-state index contributed by atoms with van der Waals surface area (Å²) in [6.07, 6.45) is 10.2. The molecule has 27 heavy (non-hydrogen) atoms. The van der Waals surface area contributed by atoms with E-state index in [2.05, 4.69) is 37.3 Å². The average Bonchev–Trinajstić information content (AvgIpc) is 3.10. The van der Waals surface area contributed by atoms with Gasteiger partial charge in [0.2, 0.25) is 0 Å². The molecular weight excluding hydrogens is 342 g/mol. The average molecular weight is 365 g/mol. The van der Waals surface area contributed by atoms with Gasteiger partial charge in [0, 0.05) is 42.8 Å². The molecule has 0 saturated carbocycles. The summed E-state index contributed by atoms with van der Waals surface area (Å²) < 4.78 is 1.42. The van der Waals surface area contributed by atoms with Gasteiger partial charge < -0.3 is 10.2 Å². The lowest BCUT2D eigenvalue weighted by Gasteiger charge is -2.32. The van der Waals surface area contributed by atoms with Crippen molar-refractivity contribution in [1.82, 2.24) is 29.6 Å². The molecule has 1 atom stereocenters. The lowest BCUT2D eigenvalue weighted by molar-refractivity contribution is 0.194. The number of aromatic amines is 1. The highest BCUT2D eigenvalue weighted by molar-refractivity contribution is 5.60. The Hall–Kier alpha value is -3.00. The molecule has 0 spiro atoms. The second-order valence-electron chi connectivity index (χ2n) is 6.84. The van der Waals surface area contributed by atoms with Gasteiger partial charge in [0.05, 0.1) is 5.56 Å². The molecule has 3 aromatic heterocycles. The summed E-state index contributed by atoms with van der Waals surface area (Å²) in [5.74, 6) is 1.22. The van der Waals surface area contributed by atoms with Gasteiger partial charge in [-0.1, -0.05) is 12.5 Å². The maximum Gasteiger partial charge on any atom is 0.280 e. The van der Waals surface area contributed by atoms with E-state index < -0.39 is 0 Å². The summed E-state index contributed by atoms with van der Waals surface area (Å²) in [5, 5.41) is 6.36. The van der Waals surface area contributed by atoms with Crippen LogP contribution in [0.5, 0.6) is 0 Å². The van der Waals surface area contributed by atoms with Crippen LogP contribution in [0, 0.1) is 0 Å². The van der Waals surface area contributed by atoms with Gasteiger partial charge in [-0.15, -0.1) is 0 Å². The van der Waals surface area contributed by atoms with Crippen LogP contribution >= 0.6 is 0 Å². The third-order valence-electron chi connectivity index (χ3n) is 5.07. The van der Waals surface area contributed by atoms with Crippen LogP contribution in [0.4, 0.5) is 5.82 Å². The molecule has 0 radical (unpaired) electrons. The van der Waals surface area contributed by atoms with Crippen LogP contribution in [0.3, 0.4) is 0 Å². The van der Waals surface area contributed by atoms with Crippen molar-refractivity contribution in [3.05, 3.63) is 53.5 Å². The number of anilines is 1. The first-order chi connectivity index (χ1) is 13.2. The van der Waals surface area contributed by atoms with E-state index in [4.69, 9.17) is 0 Å². The molecule has 2 N–H and O–H groups in total. The molecule has 0 aliphatic carbocycles. The van der Waals surface area contributed by atoms with E-state index in [-0.39, 0.29) is 5.56 Å². The van der Waals surface area contributed by atoms with Crippen molar-refractivity contribution in [2.75, 3.05) is 25.5 Å². The number of H-pyrrole nitrogens is 1. The van der Waals surface area contributed by atoms with Crippen LogP contribution in [0.25, 0.3) is 16.9 Å². The third-order valence-corrected chi connectivity index (χ3v) is 5.07. The van der Waals surface area contributed by atoms with Crippen LogP contribution in [-0.4, -0.2) is 55.8 Å². The summed E-state index contributed by atoms with van der Waals surface area (Å²) in [6.45, 7) is 1.96. The Bertz CT molecular complexity index is 950. The van der Waals surface area contributed by atoms with Crippen molar-refractivity contribution in [2.24, 2.45) is 0 Å². The number of hydrogen-bond donors (Lipinski definition) is 2. The van der Waals surface area contributed by atoms with Gasteiger partial charge in [0.15, 0.2) is 5.82 Å². The molecule has 8 nitrogen and oxygen atoms in total. The lowest BCUT2D eigenvalue weighted by Crippen LogP contribution is -2.40. The molecule has 0 bridgehead atoms. The van der Waals surface area contributed by atoms with E-state index >= 15 is 0 Å². The monoisotopic (exact) mass is 365 g/mol. The van der Waals surface area contributed by atoms with Crippen molar-refractivity contribution >= 4 is 5.82 Å². The minimum Gasteiger partial charge on any atom is -0.368 e. The predicted octanol–water partition coefficient (Wildman–Crippen LogP) is 1.91. The van der Waals surface area contributed by atoms with Crippen molar-refractivity contribution < 1.29 is 0 Å². The number of rotatable bonds is 5. The number of pyridine rings is 1. The summed E-state index contributed by atoms with van der Waals surface area (Å²) >= 11 is 0. The van der Waals surface area contributed by atoms with Gasteiger partial charge in [-0.3, -0.25) is 14.9 Å². The topological polar surface area (TPSA) is 91.7 Å². The summed E-state index contributed by atoms with van der Waals surface area (Å²) in [4.78, 5) is 27.7. The molecule has 140 valence electrons. The first-order valence-electron chi connectivity index (χ1n) is 9.20. The Morgan fingerprint density at radius 1 is 1.33 bits per heavy atom. The van der Waals surface area contributed by atoms with Gasteiger partial charge >= 0.3 is 0 Å². The molecule has 8 heteroatoms. The molecule has 4 rings (SSSR count). The van der Waals surface area contributed by atoms with Crippen molar-refractivity contribution in [3.63, 3.8) is 0 Å². The highest BCUT2D eigenvalue weighted by atomic mass is 16.1. The van der Waals surface area contributed by atoms with Crippen LogP contribution in [0.15, 0.2) is 47.9 Å². The Balaban J connectivity index is 1.53. The van der Waals surface area contributed by atoms with Crippen molar-refractivity contribution in [2.45, 2.75) is 25.3 Å². The second kappa shape index (κ2) is 7.71. The van der Waals surface area contributed by atoms with Crippen molar-refractivity contribution in [3.8, 4) is 16.9 Å². The zero-order chi connectivity index (χ0) is 18.6. The third kappa shape index (κ3) is 3.75. The van der Waals surface area contributed by atoms with Gasteiger partial charge in [0.25, 0.3) is 5.56 Å². The number of hydrogen-bond acceptors (Lipinski definition) is 6. The fourth-order valence-corrected chi connectivity index (χ4v) is 3.46.